The van der Waals surface area contributed by atoms with Gasteiger partial charge >= 0.3 is 0 Å². The molecule has 4 aromatic heterocycles. The fourth-order valence-corrected chi connectivity index (χ4v) is 7.28. The lowest BCUT2D eigenvalue weighted by Gasteiger charge is -2.19. The van der Waals surface area contributed by atoms with E-state index in [0.29, 0.717) is 0 Å². The molecule has 252 valence electrons. The third kappa shape index (κ3) is 5.85. The molecule has 0 saturated carbocycles. The Morgan fingerprint density at radius 1 is 0.471 bits per heavy atom. The van der Waals surface area contributed by atoms with Crippen molar-refractivity contribution in [2.75, 3.05) is 0 Å². The lowest BCUT2D eigenvalue weighted by Crippen LogP contribution is -2.10. The van der Waals surface area contributed by atoms with Gasteiger partial charge in [-0.25, -0.2) is 0 Å². The highest BCUT2D eigenvalue weighted by Crippen LogP contribution is 2.39. The molecule has 0 unspecified atom stereocenters. The van der Waals surface area contributed by atoms with Crippen LogP contribution in [0.15, 0.2) is 140 Å². The van der Waals surface area contributed by atoms with Gasteiger partial charge in [-0.2, -0.15) is 0 Å². The highest BCUT2D eigenvalue weighted by molar-refractivity contribution is 6.10. The maximum Gasteiger partial charge on any atom is 0.0550 e. The molecule has 8 aromatic rings. The SMILES string of the molecule is Cc1ccc(-n2c(-c3cccnc3)ccc2-c2cccnc2)cc1-c1ccc(-n2c3ccc(C(C)(C)C)cc3c3cc(C(C)(C)C)ccc32)cc1. The Labute approximate surface area is 301 Å². The van der Waals surface area contributed by atoms with Gasteiger partial charge in [0.2, 0.25) is 0 Å². The van der Waals surface area contributed by atoms with Crippen LogP contribution < -0.4 is 0 Å². The minimum absolute atomic E-state index is 0.0659. The zero-order valence-electron chi connectivity index (χ0n) is 30.6. The first kappa shape index (κ1) is 32.5. The molecule has 0 bridgehead atoms. The molecule has 0 amide bonds. The van der Waals surface area contributed by atoms with E-state index < -0.39 is 0 Å². The molecule has 8 rings (SSSR count). The number of hydrogen-bond acceptors (Lipinski definition) is 2. The number of pyridine rings is 2. The molecule has 4 aromatic carbocycles. The van der Waals surface area contributed by atoms with E-state index in [1.165, 1.54) is 49.6 Å². The molecule has 4 heterocycles. The van der Waals surface area contributed by atoms with Crippen molar-refractivity contribution in [1.29, 1.82) is 0 Å². The van der Waals surface area contributed by atoms with Gasteiger partial charge in [-0.1, -0.05) is 71.9 Å². The molecule has 0 radical (unpaired) electrons. The quantitative estimate of drug-likeness (QED) is 0.184. The van der Waals surface area contributed by atoms with Crippen LogP contribution in [0.2, 0.25) is 0 Å². The van der Waals surface area contributed by atoms with Gasteiger partial charge in [-0.05, 0) is 131 Å². The molecule has 0 fully saturated rings. The third-order valence-corrected chi connectivity index (χ3v) is 10.2. The van der Waals surface area contributed by atoms with Crippen LogP contribution in [0.5, 0.6) is 0 Å². The zero-order valence-corrected chi connectivity index (χ0v) is 30.6. The summed E-state index contributed by atoms with van der Waals surface area (Å²) in [5.74, 6) is 0. The first-order valence-corrected chi connectivity index (χ1v) is 17.8. The van der Waals surface area contributed by atoms with E-state index in [0.717, 1.165) is 33.9 Å². The predicted octanol–water partition coefficient (Wildman–Crippen LogP) is 12.3. The Morgan fingerprint density at radius 2 is 0.980 bits per heavy atom. The van der Waals surface area contributed by atoms with Crippen LogP contribution in [-0.4, -0.2) is 19.1 Å². The highest BCUT2D eigenvalue weighted by atomic mass is 15.0. The fourth-order valence-electron chi connectivity index (χ4n) is 7.28. The molecule has 51 heavy (non-hydrogen) atoms. The second-order valence-corrected chi connectivity index (χ2v) is 15.8. The zero-order chi connectivity index (χ0) is 35.5. The Bertz CT molecular complexity index is 2390. The Morgan fingerprint density at radius 3 is 1.45 bits per heavy atom. The van der Waals surface area contributed by atoms with E-state index in [-0.39, 0.29) is 10.8 Å². The number of aromatic nitrogens is 4. The van der Waals surface area contributed by atoms with Crippen molar-refractivity contribution in [3.63, 3.8) is 0 Å². The topological polar surface area (TPSA) is 35.6 Å². The van der Waals surface area contributed by atoms with Gasteiger partial charge in [-0.15, -0.1) is 0 Å². The summed E-state index contributed by atoms with van der Waals surface area (Å²) >= 11 is 0. The molecule has 0 spiro atoms. The number of hydrogen-bond donors (Lipinski definition) is 0. The van der Waals surface area contributed by atoms with Gasteiger partial charge in [0, 0.05) is 58.1 Å². The first-order valence-electron chi connectivity index (χ1n) is 17.8. The van der Waals surface area contributed by atoms with Crippen LogP contribution in [0.3, 0.4) is 0 Å². The van der Waals surface area contributed by atoms with Crippen LogP contribution in [0.4, 0.5) is 0 Å². The van der Waals surface area contributed by atoms with Crippen LogP contribution in [0.25, 0.3) is 66.8 Å². The van der Waals surface area contributed by atoms with Crippen LogP contribution in [-0.2, 0) is 10.8 Å². The summed E-state index contributed by atoms with van der Waals surface area (Å²) in [7, 11) is 0. The summed E-state index contributed by atoms with van der Waals surface area (Å²) < 4.78 is 4.75. The molecule has 0 N–H and O–H groups in total. The number of benzene rings is 4. The van der Waals surface area contributed by atoms with Crippen LogP contribution in [0.1, 0.15) is 58.2 Å². The molecule has 4 nitrogen and oxygen atoms in total. The van der Waals surface area contributed by atoms with Gasteiger partial charge in [0.05, 0.1) is 22.4 Å². The maximum atomic E-state index is 4.43. The molecule has 0 aliphatic heterocycles. The molecule has 0 aliphatic rings. The molecule has 0 atom stereocenters. The molecule has 0 saturated heterocycles. The molecular formula is C47H44N4. The average molecular weight is 665 g/mol. The fraction of sp³-hybridized carbons (Fsp3) is 0.191. The van der Waals surface area contributed by atoms with E-state index in [9.17, 15) is 0 Å². The van der Waals surface area contributed by atoms with Crippen molar-refractivity contribution < 1.29 is 0 Å². The molecule has 0 aliphatic carbocycles. The minimum atomic E-state index is 0.0659. The lowest BCUT2D eigenvalue weighted by atomic mass is 9.85. The van der Waals surface area contributed by atoms with E-state index in [1.807, 2.05) is 36.9 Å². The smallest absolute Gasteiger partial charge is 0.0550 e. The van der Waals surface area contributed by atoms with E-state index in [1.54, 1.807) is 0 Å². The molecular weight excluding hydrogens is 621 g/mol. The second-order valence-electron chi connectivity index (χ2n) is 15.8. The number of nitrogens with zero attached hydrogens (tertiary/aromatic N) is 4. The summed E-state index contributed by atoms with van der Waals surface area (Å²) in [6.45, 7) is 15.9. The van der Waals surface area contributed by atoms with E-state index in [4.69, 9.17) is 0 Å². The Hall–Kier alpha value is -5.74. The lowest BCUT2D eigenvalue weighted by molar-refractivity contribution is 0.590. The summed E-state index contributed by atoms with van der Waals surface area (Å²) in [5.41, 5.74) is 15.5. The number of fused-ring (bicyclic) bond motifs is 3. The summed E-state index contributed by atoms with van der Waals surface area (Å²) in [5, 5.41) is 2.61. The van der Waals surface area contributed by atoms with Crippen molar-refractivity contribution in [1.82, 2.24) is 19.1 Å². The van der Waals surface area contributed by atoms with Crippen molar-refractivity contribution >= 4 is 21.8 Å². The van der Waals surface area contributed by atoms with Gasteiger partial charge in [0.25, 0.3) is 0 Å². The second kappa shape index (κ2) is 12.2. The first-order chi connectivity index (χ1) is 24.5. The van der Waals surface area contributed by atoms with E-state index >= 15 is 0 Å². The van der Waals surface area contributed by atoms with Crippen molar-refractivity contribution in [3.8, 4) is 45.0 Å². The predicted molar refractivity (Wildman–Crippen MR) is 214 cm³/mol. The monoisotopic (exact) mass is 664 g/mol. The number of rotatable bonds is 5. The van der Waals surface area contributed by atoms with Gasteiger partial charge in [-0.3, -0.25) is 9.97 Å². The highest BCUT2D eigenvalue weighted by Gasteiger charge is 2.21. The van der Waals surface area contributed by atoms with Crippen LogP contribution in [0, 0.1) is 6.92 Å². The van der Waals surface area contributed by atoms with Gasteiger partial charge < -0.3 is 9.13 Å². The third-order valence-electron chi connectivity index (χ3n) is 10.2. The van der Waals surface area contributed by atoms with Crippen LogP contribution >= 0.6 is 0 Å². The number of aryl methyl sites for hydroxylation is 1. The Kier molecular flexibility index (Phi) is 7.79. The average Bonchev–Trinajstić information content (AvgIpc) is 3.72. The standard InChI is InChI=1S/C47H44N4/c1-31-12-17-38(51-42(33-10-8-24-48-29-33)22-23-43(51)34-11-9-25-49-30-34)28-39(31)32-13-18-37(19-14-32)50-44-20-15-35(46(2,3)4)26-40(44)41-27-36(47(5,6)7)16-21-45(41)50/h8-30H,1-7H3. The summed E-state index contributed by atoms with van der Waals surface area (Å²) in [6.07, 6.45) is 7.49. The van der Waals surface area contributed by atoms with Crippen molar-refractivity contribution in [2.24, 2.45) is 0 Å². The maximum absolute atomic E-state index is 4.43. The normalized spacial score (nSPS) is 12.2. The summed E-state index contributed by atoms with van der Waals surface area (Å²) in [6, 6.07) is 42.4. The van der Waals surface area contributed by atoms with Gasteiger partial charge in [0.1, 0.15) is 0 Å². The van der Waals surface area contributed by atoms with Gasteiger partial charge in [0.15, 0.2) is 0 Å². The summed E-state index contributed by atoms with van der Waals surface area (Å²) in [4.78, 5) is 8.85. The minimum Gasteiger partial charge on any atom is -0.309 e. The largest absolute Gasteiger partial charge is 0.309 e. The van der Waals surface area contributed by atoms with Crippen molar-refractivity contribution in [3.05, 3.63) is 157 Å². The van der Waals surface area contributed by atoms with E-state index in [2.05, 4.69) is 171 Å². The van der Waals surface area contributed by atoms with Crippen molar-refractivity contribution in [2.45, 2.75) is 59.3 Å². The molecule has 4 heteroatoms. The Balaban J connectivity index is 1.25.